The molecule has 0 saturated carbocycles. The molecule has 0 bridgehead atoms. The lowest BCUT2D eigenvalue weighted by Crippen LogP contribution is -2.19. The van der Waals surface area contributed by atoms with Crippen molar-refractivity contribution in [1.29, 1.82) is 0 Å². The van der Waals surface area contributed by atoms with Gasteiger partial charge in [0, 0.05) is 11.3 Å². The number of thiophene rings is 1. The number of rotatable bonds is 7. The number of anilines is 1. The minimum atomic E-state index is -3.56. The molecule has 30 heavy (non-hydrogen) atoms. The van der Waals surface area contributed by atoms with Gasteiger partial charge in [-0.3, -0.25) is 4.79 Å². The number of nitrogens with one attached hydrogen (secondary N) is 1. The predicted molar refractivity (Wildman–Crippen MR) is 118 cm³/mol. The molecule has 0 aliphatic heterocycles. The lowest BCUT2D eigenvalue weighted by molar-refractivity contribution is -0.115. The minimum Gasteiger partial charge on any atom is -0.462 e. The largest absolute Gasteiger partial charge is 0.462 e. The fourth-order valence-corrected chi connectivity index (χ4v) is 6.19. The van der Waals surface area contributed by atoms with Gasteiger partial charge in [0.1, 0.15) is 5.00 Å². The van der Waals surface area contributed by atoms with Crippen LogP contribution in [0.1, 0.15) is 53.1 Å². The Labute approximate surface area is 181 Å². The van der Waals surface area contributed by atoms with Crippen LogP contribution in [-0.2, 0) is 32.2 Å². The summed E-state index contributed by atoms with van der Waals surface area (Å²) in [5.41, 5.74) is 2.35. The Bertz CT molecular complexity index is 1040. The second kappa shape index (κ2) is 9.31. The average Bonchev–Trinajstić information content (AvgIpc) is 3.03. The normalized spacial score (nSPS) is 16.0. The quantitative estimate of drug-likeness (QED) is 0.641. The number of esters is 1. The van der Waals surface area contributed by atoms with Gasteiger partial charge >= 0.3 is 5.97 Å². The Hall–Kier alpha value is -2.19. The number of carbonyl (C=O) groups is 2. The van der Waals surface area contributed by atoms with E-state index in [0.29, 0.717) is 16.5 Å². The molecule has 3 rings (SSSR count). The van der Waals surface area contributed by atoms with Crippen molar-refractivity contribution < 1.29 is 22.7 Å². The molecule has 162 valence electrons. The van der Waals surface area contributed by atoms with E-state index in [1.165, 1.54) is 11.3 Å². The Morgan fingerprint density at radius 2 is 1.93 bits per heavy atom. The van der Waals surface area contributed by atoms with Crippen LogP contribution >= 0.6 is 11.3 Å². The third-order valence-electron chi connectivity index (χ3n) is 5.22. The van der Waals surface area contributed by atoms with Gasteiger partial charge in [-0.1, -0.05) is 24.6 Å². The second-order valence-corrected chi connectivity index (χ2v) is 10.9. The van der Waals surface area contributed by atoms with E-state index in [2.05, 4.69) is 12.2 Å². The number of fused-ring (bicyclic) bond motifs is 1. The van der Waals surface area contributed by atoms with Gasteiger partial charge in [0.05, 0.1) is 22.8 Å². The van der Waals surface area contributed by atoms with Crippen LogP contribution in [-0.4, -0.2) is 32.7 Å². The van der Waals surface area contributed by atoms with Crippen molar-refractivity contribution >= 4 is 38.1 Å². The maximum absolute atomic E-state index is 12.5. The number of ether oxygens (including phenoxy) is 1. The summed E-state index contributed by atoms with van der Waals surface area (Å²) in [6.07, 6.45) is 2.44. The molecule has 1 aromatic carbocycles. The number of hydrogen-bond acceptors (Lipinski definition) is 6. The number of amides is 1. The molecule has 6 nitrogen and oxygen atoms in total. The van der Waals surface area contributed by atoms with Crippen molar-refractivity contribution in [3.05, 3.63) is 45.8 Å². The molecule has 2 aromatic rings. The molecular formula is C22H27NO5S2. The molecule has 1 heterocycles. The Kier molecular flexibility index (Phi) is 6.98. The first-order valence-corrected chi connectivity index (χ1v) is 12.6. The van der Waals surface area contributed by atoms with Gasteiger partial charge in [-0.05, 0) is 56.7 Å². The van der Waals surface area contributed by atoms with Crippen LogP contribution in [0.15, 0.2) is 29.2 Å². The van der Waals surface area contributed by atoms with Crippen molar-refractivity contribution in [2.75, 3.05) is 17.7 Å². The highest BCUT2D eigenvalue weighted by Crippen LogP contribution is 2.40. The summed E-state index contributed by atoms with van der Waals surface area (Å²) in [4.78, 5) is 26.4. The zero-order chi connectivity index (χ0) is 21.9. The zero-order valence-corrected chi connectivity index (χ0v) is 19.1. The highest BCUT2D eigenvalue weighted by atomic mass is 32.2. The van der Waals surface area contributed by atoms with Crippen molar-refractivity contribution in [2.45, 2.75) is 51.3 Å². The monoisotopic (exact) mass is 449 g/mol. The molecule has 1 unspecified atom stereocenters. The van der Waals surface area contributed by atoms with Crippen LogP contribution in [0.4, 0.5) is 5.00 Å². The molecule has 1 aliphatic rings. The van der Waals surface area contributed by atoms with Crippen molar-refractivity contribution in [3.8, 4) is 0 Å². The highest BCUT2D eigenvalue weighted by molar-refractivity contribution is 7.91. The summed E-state index contributed by atoms with van der Waals surface area (Å²) in [6, 6.07) is 6.57. The van der Waals surface area contributed by atoms with Crippen LogP contribution in [0.5, 0.6) is 0 Å². The van der Waals surface area contributed by atoms with Crippen molar-refractivity contribution in [3.63, 3.8) is 0 Å². The molecule has 0 fully saturated rings. The van der Waals surface area contributed by atoms with Gasteiger partial charge in [0.15, 0.2) is 9.84 Å². The molecule has 0 spiro atoms. The first-order chi connectivity index (χ1) is 14.2. The lowest BCUT2D eigenvalue weighted by atomic mass is 9.88. The number of carbonyl (C=O) groups excluding carboxylic acids is 2. The summed E-state index contributed by atoms with van der Waals surface area (Å²) < 4.78 is 30.2. The summed E-state index contributed by atoms with van der Waals surface area (Å²) in [5, 5.41) is 3.23. The van der Waals surface area contributed by atoms with Gasteiger partial charge in [0.25, 0.3) is 0 Å². The molecule has 1 aromatic heterocycles. The summed E-state index contributed by atoms with van der Waals surface area (Å²) in [7, 11) is -3.56. The first kappa shape index (κ1) is 22.5. The van der Waals surface area contributed by atoms with E-state index in [-0.39, 0.29) is 23.7 Å². The van der Waals surface area contributed by atoms with E-state index in [1.807, 2.05) is 6.92 Å². The summed E-state index contributed by atoms with van der Waals surface area (Å²) >= 11 is 1.40. The summed E-state index contributed by atoms with van der Waals surface area (Å²) in [5.74, 6) is -0.636. The average molecular weight is 450 g/mol. The fourth-order valence-electron chi connectivity index (χ4n) is 3.54. The molecule has 1 aliphatic carbocycles. The van der Waals surface area contributed by atoms with Crippen LogP contribution in [0.3, 0.4) is 0 Å². The smallest absolute Gasteiger partial charge is 0.341 e. The fraction of sp³-hybridized carbons (Fsp3) is 0.455. The molecule has 1 amide bonds. The zero-order valence-electron chi connectivity index (χ0n) is 17.5. The number of aryl methyl sites for hydroxylation is 1. The molecule has 1 N–H and O–H groups in total. The minimum absolute atomic E-state index is 0.183. The standard InChI is InChI=1S/C22H27NO5S2/c1-4-28-22(25)20-17-10-7-15(3)13-18(17)29-21(20)23-19(24)11-12-30(26,27)16-8-5-14(2)6-9-16/h5-6,8-9,15H,4,7,10-13H2,1-3H3,(H,23,24). The summed E-state index contributed by atoms with van der Waals surface area (Å²) in [6.45, 7) is 6.04. The van der Waals surface area contributed by atoms with Crippen LogP contribution < -0.4 is 5.32 Å². The van der Waals surface area contributed by atoms with Crippen molar-refractivity contribution in [2.24, 2.45) is 5.92 Å². The molecule has 0 saturated heterocycles. The molecule has 0 radical (unpaired) electrons. The Balaban J connectivity index is 1.74. The number of hydrogen-bond donors (Lipinski definition) is 1. The van der Waals surface area contributed by atoms with Gasteiger partial charge in [-0.15, -0.1) is 11.3 Å². The second-order valence-electron chi connectivity index (χ2n) is 7.71. The SMILES string of the molecule is CCOC(=O)c1c(NC(=O)CCS(=O)(=O)c2ccc(C)cc2)sc2c1CCC(C)C2. The maximum Gasteiger partial charge on any atom is 0.341 e. The van der Waals surface area contributed by atoms with E-state index in [1.54, 1.807) is 31.2 Å². The third-order valence-corrected chi connectivity index (χ3v) is 8.12. The first-order valence-electron chi connectivity index (χ1n) is 10.1. The van der Waals surface area contributed by atoms with Crippen LogP contribution in [0.2, 0.25) is 0 Å². The van der Waals surface area contributed by atoms with E-state index in [4.69, 9.17) is 4.74 Å². The van der Waals surface area contributed by atoms with Crippen LogP contribution in [0, 0.1) is 12.8 Å². The van der Waals surface area contributed by atoms with E-state index >= 15 is 0 Å². The number of benzene rings is 1. The third kappa shape index (κ3) is 5.10. The van der Waals surface area contributed by atoms with Gasteiger partial charge < -0.3 is 10.1 Å². The van der Waals surface area contributed by atoms with Gasteiger partial charge in [-0.2, -0.15) is 0 Å². The highest BCUT2D eigenvalue weighted by Gasteiger charge is 2.29. The predicted octanol–water partition coefficient (Wildman–Crippen LogP) is 4.16. The molecule has 8 heteroatoms. The molecular weight excluding hydrogens is 422 g/mol. The Morgan fingerprint density at radius 3 is 2.60 bits per heavy atom. The van der Waals surface area contributed by atoms with Crippen LogP contribution in [0.25, 0.3) is 0 Å². The van der Waals surface area contributed by atoms with Gasteiger partial charge in [0.2, 0.25) is 5.91 Å². The topological polar surface area (TPSA) is 89.5 Å². The Morgan fingerprint density at radius 1 is 1.23 bits per heavy atom. The molecule has 1 atom stereocenters. The van der Waals surface area contributed by atoms with E-state index in [9.17, 15) is 18.0 Å². The maximum atomic E-state index is 12.5. The van der Waals surface area contributed by atoms with E-state index < -0.39 is 21.7 Å². The van der Waals surface area contributed by atoms with Crippen molar-refractivity contribution in [1.82, 2.24) is 0 Å². The number of sulfone groups is 1. The lowest BCUT2D eigenvalue weighted by Gasteiger charge is -2.18. The van der Waals surface area contributed by atoms with E-state index in [0.717, 1.165) is 35.3 Å². The van der Waals surface area contributed by atoms with Gasteiger partial charge in [-0.25, -0.2) is 13.2 Å².